The average Bonchev–Trinajstić information content (AvgIpc) is 2.81. The van der Waals surface area contributed by atoms with E-state index in [0.717, 1.165) is 10.7 Å². The molecule has 6 nitrogen and oxygen atoms in total. The van der Waals surface area contributed by atoms with Gasteiger partial charge < -0.3 is 0 Å². The fourth-order valence-electron chi connectivity index (χ4n) is 2.09. The molecule has 2 aromatic heterocycles. The van der Waals surface area contributed by atoms with Crippen molar-refractivity contribution in [3.05, 3.63) is 53.2 Å². The summed E-state index contributed by atoms with van der Waals surface area (Å²) in [6.45, 7) is 4.16. The highest BCUT2D eigenvalue weighted by Gasteiger charge is 2.17. The predicted molar refractivity (Wildman–Crippen MR) is 70.2 cm³/mol. The van der Waals surface area contributed by atoms with Gasteiger partial charge in [0, 0.05) is 23.9 Å². The molecule has 0 aliphatic rings. The van der Waals surface area contributed by atoms with Crippen molar-refractivity contribution >= 4 is 16.3 Å². The molecule has 1 aromatic carbocycles. The van der Waals surface area contributed by atoms with Crippen LogP contribution in [-0.2, 0) is 0 Å². The summed E-state index contributed by atoms with van der Waals surface area (Å²) >= 11 is 1.69. The number of hydrogen-bond donors (Lipinski definition) is 0. The molecule has 0 amide bonds. The molecule has 22 heavy (non-hydrogen) atoms. The van der Waals surface area contributed by atoms with E-state index in [9.17, 15) is 0 Å². The Morgan fingerprint density at radius 1 is 1.05 bits per heavy atom. The Morgan fingerprint density at radius 2 is 1.64 bits per heavy atom. The second-order valence-electron chi connectivity index (χ2n) is 4.52. The summed E-state index contributed by atoms with van der Waals surface area (Å²) in [5.74, 6) is 0. The van der Waals surface area contributed by atoms with E-state index in [1.54, 1.807) is 11.3 Å². The lowest BCUT2D eigenvalue weighted by molar-refractivity contribution is -2.00. The molecule has 8 heteroatoms. The van der Waals surface area contributed by atoms with Crippen LogP contribution in [0.5, 0.6) is 0 Å². The van der Waals surface area contributed by atoms with Gasteiger partial charge in [0.2, 0.25) is 0 Å². The van der Waals surface area contributed by atoms with Crippen LogP contribution in [0.4, 0.5) is 0 Å². The van der Waals surface area contributed by atoms with Crippen LogP contribution in [0.1, 0.15) is 11.4 Å². The first-order valence-corrected chi connectivity index (χ1v) is 8.32. The minimum Gasteiger partial charge on any atom is -0.222 e. The molecule has 3 rings (SSSR count). The average molecular weight is 341 g/mol. The second-order valence-corrected chi connectivity index (χ2v) is 6.11. The number of aromatic nitrogens is 2. The van der Waals surface area contributed by atoms with Crippen molar-refractivity contribution in [1.29, 1.82) is 0 Å². The molecule has 0 N–H and O–H groups in total. The zero-order chi connectivity index (χ0) is 16.3. The van der Waals surface area contributed by atoms with Gasteiger partial charge in [0.25, 0.3) is 0 Å². The van der Waals surface area contributed by atoms with Gasteiger partial charge in [0.15, 0.2) is 11.4 Å². The lowest BCUT2D eigenvalue weighted by atomic mass is 10.2. The number of aryl methyl sites for hydroxylation is 2. The summed E-state index contributed by atoms with van der Waals surface area (Å²) in [4.78, 5) is 5.62. The second kappa shape index (κ2) is 6.66. The van der Waals surface area contributed by atoms with E-state index in [1.807, 2.05) is 13.0 Å². The highest BCUT2D eigenvalue weighted by molar-refractivity contribution is 7.14. The van der Waals surface area contributed by atoms with Gasteiger partial charge in [0.1, 0.15) is 5.69 Å². The zero-order valence-corrected chi connectivity index (χ0v) is 13.4. The fourth-order valence-corrected chi connectivity index (χ4v) is 3.09. The number of nitrogens with zero attached hydrogens (tertiary/aromatic N) is 2. The molecule has 0 aliphatic carbocycles. The Morgan fingerprint density at radius 3 is 2.23 bits per heavy atom. The van der Waals surface area contributed by atoms with Crippen LogP contribution < -0.4 is 23.0 Å². The van der Waals surface area contributed by atoms with Gasteiger partial charge in [-0.3, -0.25) is 0 Å². The third kappa shape index (κ3) is 4.44. The van der Waals surface area contributed by atoms with E-state index in [0.29, 0.717) is 0 Å². The van der Waals surface area contributed by atoms with Crippen LogP contribution in [-0.4, -0.2) is 4.98 Å². The number of halogens is 1. The molecular weight excluding hydrogens is 328 g/mol. The minimum absolute atomic E-state index is 1.06. The Kier molecular flexibility index (Phi) is 5.07. The van der Waals surface area contributed by atoms with Crippen molar-refractivity contribution in [2.45, 2.75) is 13.8 Å². The molecule has 0 saturated carbocycles. The van der Waals surface area contributed by atoms with Crippen LogP contribution in [0.15, 0.2) is 41.8 Å². The minimum atomic E-state index is -4.94. The maximum atomic E-state index is 8.49. The topological polar surface area (TPSA) is 109 Å². The summed E-state index contributed by atoms with van der Waals surface area (Å²) in [6, 6.07) is 12.6. The summed E-state index contributed by atoms with van der Waals surface area (Å²) in [5, 5.41) is 2.17. The van der Waals surface area contributed by atoms with Gasteiger partial charge in [-0.15, -0.1) is 10.2 Å². The lowest BCUT2D eigenvalue weighted by Gasteiger charge is -2.17. The van der Waals surface area contributed by atoms with Gasteiger partial charge in [-0.25, -0.2) is 18.6 Å². The number of fused-ring (bicyclic) bond motifs is 1. The standard InChI is InChI=1S/C14H13N2S.ClHO4/c1-10-8-11(2)16-13(9-17-14(16)15-10)12-6-4-3-5-7-12;2-1(3,4)5/h3-9H,1-2H3;(H,2,3,4,5)/q+1;/p-1. The van der Waals surface area contributed by atoms with Crippen LogP contribution in [0.25, 0.3) is 16.2 Å². The third-order valence-electron chi connectivity index (χ3n) is 2.82. The molecule has 0 atom stereocenters. The van der Waals surface area contributed by atoms with Crippen LogP contribution in [0.2, 0.25) is 0 Å². The normalized spacial score (nSPS) is 11.2. The van der Waals surface area contributed by atoms with E-state index in [4.69, 9.17) is 18.6 Å². The first-order chi connectivity index (χ1) is 10.3. The molecule has 0 spiro atoms. The number of hydrogen-bond acceptors (Lipinski definition) is 6. The van der Waals surface area contributed by atoms with Crippen molar-refractivity contribution in [2.24, 2.45) is 0 Å². The molecule has 3 aromatic rings. The number of benzene rings is 1. The predicted octanol–water partition coefficient (Wildman–Crippen LogP) is -1.59. The van der Waals surface area contributed by atoms with Gasteiger partial charge >= 0.3 is 4.96 Å². The number of thiazole rings is 1. The van der Waals surface area contributed by atoms with E-state index < -0.39 is 10.2 Å². The van der Waals surface area contributed by atoms with Gasteiger partial charge in [0.05, 0.1) is 0 Å². The van der Waals surface area contributed by atoms with Crippen LogP contribution in [0, 0.1) is 24.1 Å². The van der Waals surface area contributed by atoms with Crippen molar-refractivity contribution < 1.29 is 33.3 Å². The van der Waals surface area contributed by atoms with Crippen LogP contribution in [0.3, 0.4) is 0 Å². The maximum Gasteiger partial charge on any atom is 0.387 e. The van der Waals surface area contributed by atoms with Crippen molar-refractivity contribution in [1.82, 2.24) is 4.98 Å². The van der Waals surface area contributed by atoms with Crippen molar-refractivity contribution in [3.8, 4) is 11.3 Å². The Balaban J connectivity index is 0.000000309. The fraction of sp³-hybridized carbons (Fsp3) is 0.143. The third-order valence-corrected chi connectivity index (χ3v) is 3.65. The van der Waals surface area contributed by atoms with E-state index in [-0.39, 0.29) is 0 Å². The molecule has 0 fully saturated rings. The maximum absolute atomic E-state index is 8.49. The molecule has 0 unspecified atom stereocenters. The summed E-state index contributed by atoms with van der Waals surface area (Å²) in [7, 11) is -4.94. The Labute approximate surface area is 133 Å². The Hall–Kier alpha value is -1.61. The smallest absolute Gasteiger partial charge is 0.222 e. The molecule has 0 saturated heterocycles. The molecule has 0 bridgehead atoms. The zero-order valence-electron chi connectivity index (χ0n) is 11.9. The highest BCUT2D eigenvalue weighted by Crippen LogP contribution is 2.20. The van der Waals surface area contributed by atoms with E-state index in [2.05, 4.69) is 52.0 Å². The largest absolute Gasteiger partial charge is 0.387 e. The summed E-state index contributed by atoms with van der Waals surface area (Å²) in [5.41, 5.74) is 4.75. The van der Waals surface area contributed by atoms with E-state index in [1.165, 1.54) is 17.0 Å². The van der Waals surface area contributed by atoms with Crippen molar-refractivity contribution in [3.63, 3.8) is 0 Å². The Bertz CT molecular complexity index is 766. The lowest BCUT2D eigenvalue weighted by Crippen LogP contribution is -2.68. The molecule has 2 heterocycles. The van der Waals surface area contributed by atoms with Crippen LogP contribution >= 0.6 is 11.3 Å². The van der Waals surface area contributed by atoms with Gasteiger partial charge in [-0.05, 0) is 23.2 Å². The van der Waals surface area contributed by atoms with Gasteiger partial charge in [-0.1, -0.05) is 30.3 Å². The molecule has 0 aliphatic heterocycles. The molecule has 116 valence electrons. The number of rotatable bonds is 1. The summed E-state index contributed by atoms with van der Waals surface area (Å²) in [6.07, 6.45) is 0. The monoisotopic (exact) mass is 340 g/mol. The SMILES string of the molecule is Cc1cc(C)[n+]2c(-c3ccccc3)csc2n1.[O-][Cl+3]([O-])([O-])[O-]. The summed E-state index contributed by atoms with van der Waals surface area (Å²) < 4.78 is 36.2. The highest BCUT2D eigenvalue weighted by atomic mass is 35.7. The molecule has 0 radical (unpaired) electrons. The van der Waals surface area contributed by atoms with E-state index >= 15 is 0 Å². The quantitative estimate of drug-likeness (QED) is 0.496. The van der Waals surface area contributed by atoms with Crippen molar-refractivity contribution in [2.75, 3.05) is 0 Å². The van der Waals surface area contributed by atoms with Gasteiger partial charge in [-0.2, -0.15) is 4.40 Å². The first-order valence-electron chi connectivity index (χ1n) is 6.20. The first kappa shape index (κ1) is 16.8. The molecular formula is C14H13ClN2O4S.